The van der Waals surface area contributed by atoms with Gasteiger partial charge in [-0.25, -0.2) is 8.42 Å². The molecule has 0 spiro atoms. The lowest BCUT2D eigenvalue weighted by atomic mass is 9.95. The van der Waals surface area contributed by atoms with Crippen LogP contribution in [0.4, 0.5) is 0 Å². The normalized spacial score (nSPS) is 23.4. The first-order valence-corrected chi connectivity index (χ1v) is 9.58. The van der Waals surface area contributed by atoms with Crippen LogP contribution < -0.4 is 5.32 Å². The van der Waals surface area contributed by atoms with Crippen molar-refractivity contribution in [2.75, 3.05) is 6.54 Å². The molecule has 0 bridgehead atoms. The van der Waals surface area contributed by atoms with E-state index in [1.807, 2.05) is 19.1 Å². The molecule has 2 rings (SSSR count). The first kappa shape index (κ1) is 16.5. The molecule has 0 aliphatic heterocycles. The highest BCUT2D eigenvalue weighted by molar-refractivity contribution is 7.92. The average Bonchev–Trinajstić information content (AvgIpc) is 2.48. The van der Waals surface area contributed by atoms with Crippen molar-refractivity contribution in [2.24, 2.45) is 0 Å². The molecule has 1 aromatic carbocycles. The minimum Gasteiger partial charge on any atom is -0.313 e. The molecule has 118 valence electrons. The second-order valence-electron chi connectivity index (χ2n) is 6.26. The maximum Gasteiger partial charge on any atom is 0.182 e. The van der Waals surface area contributed by atoms with Crippen molar-refractivity contribution in [3.8, 4) is 0 Å². The van der Waals surface area contributed by atoms with Crippen LogP contribution in [0.3, 0.4) is 0 Å². The standard InChI is InChI=1S/C17H27NO2S/c1-4-18-16-7-5-6-8-17(16)21(19,20)15-11-9-14(10-12-15)13(2)3/h9-13,16-18H,4-8H2,1-3H3. The number of nitrogens with one attached hydrogen (secondary N) is 1. The first-order chi connectivity index (χ1) is 9.96. The van der Waals surface area contributed by atoms with Gasteiger partial charge in [0.25, 0.3) is 0 Å². The lowest BCUT2D eigenvalue weighted by Crippen LogP contribution is -2.46. The molecule has 0 amide bonds. The van der Waals surface area contributed by atoms with E-state index in [1.165, 1.54) is 5.56 Å². The summed E-state index contributed by atoms with van der Waals surface area (Å²) in [6, 6.07) is 7.55. The van der Waals surface area contributed by atoms with Crippen LogP contribution in [0.1, 0.15) is 57.9 Å². The Bertz CT molecular complexity index is 547. The molecule has 1 N–H and O–H groups in total. The predicted molar refractivity (Wildman–Crippen MR) is 87.4 cm³/mol. The van der Waals surface area contributed by atoms with E-state index in [9.17, 15) is 8.42 Å². The Hall–Kier alpha value is -0.870. The molecule has 4 heteroatoms. The Balaban J connectivity index is 2.26. The first-order valence-electron chi connectivity index (χ1n) is 8.04. The highest BCUT2D eigenvalue weighted by Crippen LogP contribution is 2.29. The molecule has 3 nitrogen and oxygen atoms in total. The third kappa shape index (κ3) is 3.67. The van der Waals surface area contributed by atoms with E-state index in [4.69, 9.17) is 0 Å². The number of hydrogen-bond donors (Lipinski definition) is 1. The SMILES string of the molecule is CCNC1CCCCC1S(=O)(=O)c1ccc(C(C)C)cc1. The highest BCUT2D eigenvalue weighted by atomic mass is 32.2. The van der Waals surface area contributed by atoms with E-state index >= 15 is 0 Å². The molecule has 1 fully saturated rings. The van der Waals surface area contributed by atoms with Gasteiger partial charge >= 0.3 is 0 Å². The van der Waals surface area contributed by atoms with E-state index in [2.05, 4.69) is 19.2 Å². The summed E-state index contributed by atoms with van der Waals surface area (Å²) in [5, 5.41) is 3.08. The zero-order valence-electron chi connectivity index (χ0n) is 13.3. The summed E-state index contributed by atoms with van der Waals surface area (Å²) in [7, 11) is -3.24. The topological polar surface area (TPSA) is 46.2 Å². The Labute approximate surface area is 129 Å². The van der Waals surface area contributed by atoms with Crippen LogP contribution in [0, 0.1) is 0 Å². The molecule has 0 saturated heterocycles. The number of sulfone groups is 1. The summed E-state index contributed by atoms with van der Waals surface area (Å²) < 4.78 is 25.8. The maximum atomic E-state index is 12.9. The average molecular weight is 309 g/mol. The van der Waals surface area contributed by atoms with Crippen molar-refractivity contribution in [1.29, 1.82) is 0 Å². The van der Waals surface area contributed by atoms with Crippen LogP contribution in [0.15, 0.2) is 29.2 Å². The monoisotopic (exact) mass is 309 g/mol. The fourth-order valence-electron chi connectivity index (χ4n) is 3.18. The molecule has 2 unspecified atom stereocenters. The second-order valence-corrected chi connectivity index (χ2v) is 8.42. The van der Waals surface area contributed by atoms with Crippen molar-refractivity contribution in [1.82, 2.24) is 5.32 Å². The molecule has 1 aromatic rings. The minimum atomic E-state index is -3.24. The van der Waals surface area contributed by atoms with Crippen molar-refractivity contribution < 1.29 is 8.42 Å². The molecule has 1 aliphatic carbocycles. The van der Waals surface area contributed by atoms with E-state index in [0.717, 1.165) is 32.2 Å². The van der Waals surface area contributed by atoms with Gasteiger partial charge in [0, 0.05) is 6.04 Å². The molecular weight excluding hydrogens is 282 g/mol. The van der Waals surface area contributed by atoms with E-state index in [1.54, 1.807) is 12.1 Å². The van der Waals surface area contributed by atoms with Crippen LogP contribution in [-0.4, -0.2) is 26.3 Å². The quantitative estimate of drug-likeness (QED) is 0.905. The van der Waals surface area contributed by atoms with Crippen molar-refractivity contribution in [3.63, 3.8) is 0 Å². The van der Waals surface area contributed by atoms with Crippen molar-refractivity contribution in [3.05, 3.63) is 29.8 Å². The second kappa shape index (κ2) is 6.93. The summed E-state index contributed by atoms with van der Waals surface area (Å²) in [5.74, 6) is 0.422. The molecule has 2 atom stereocenters. The van der Waals surface area contributed by atoms with Crippen molar-refractivity contribution >= 4 is 9.84 Å². The number of rotatable bonds is 5. The van der Waals surface area contributed by atoms with Crippen LogP contribution in [0.25, 0.3) is 0 Å². The third-order valence-electron chi connectivity index (χ3n) is 4.44. The summed E-state index contributed by atoms with van der Waals surface area (Å²) >= 11 is 0. The molecule has 1 saturated carbocycles. The zero-order chi connectivity index (χ0) is 15.5. The van der Waals surface area contributed by atoms with Crippen LogP contribution in [-0.2, 0) is 9.84 Å². The van der Waals surface area contributed by atoms with Gasteiger partial charge in [-0.15, -0.1) is 0 Å². The Kier molecular flexibility index (Phi) is 5.44. The molecule has 1 aliphatic rings. The fraction of sp³-hybridized carbons (Fsp3) is 0.647. The van der Waals surface area contributed by atoms with Gasteiger partial charge in [0.15, 0.2) is 9.84 Å². The molecule has 0 heterocycles. The molecule has 21 heavy (non-hydrogen) atoms. The lowest BCUT2D eigenvalue weighted by Gasteiger charge is -2.31. The van der Waals surface area contributed by atoms with Gasteiger partial charge in [0.2, 0.25) is 0 Å². The third-order valence-corrected chi connectivity index (χ3v) is 6.73. The number of benzene rings is 1. The van der Waals surface area contributed by atoms with E-state index in [-0.39, 0.29) is 11.3 Å². The van der Waals surface area contributed by atoms with Crippen molar-refractivity contribution in [2.45, 2.75) is 68.6 Å². The Morgan fingerprint density at radius 3 is 2.33 bits per heavy atom. The van der Waals surface area contributed by atoms with Gasteiger partial charge in [-0.1, -0.05) is 45.7 Å². The van der Waals surface area contributed by atoms with Gasteiger partial charge in [0.05, 0.1) is 10.1 Å². The van der Waals surface area contributed by atoms with Gasteiger partial charge in [-0.05, 0) is 43.0 Å². The smallest absolute Gasteiger partial charge is 0.182 e. The maximum absolute atomic E-state index is 12.9. The zero-order valence-corrected chi connectivity index (χ0v) is 14.1. The van der Waals surface area contributed by atoms with Gasteiger partial charge in [0.1, 0.15) is 0 Å². The Morgan fingerprint density at radius 1 is 1.14 bits per heavy atom. The predicted octanol–water partition coefficient (Wildman–Crippen LogP) is 3.50. The minimum absolute atomic E-state index is 0.0959. The fourth-order valence-corrected chi connectivity index (χ4v) is 5.19. The summed E-state index contributed by atoms with van der Waals surface area (Å²) in [6.07, 6.45) is 3.86. The van der Waals surface area contributed by atoms with Crippen LogP contribution in [0.2, 0.25) is 0 Å². The summed E-state index contributed by atoms with van der Waals surface area (Å²) in [6.45, 7) is 7.09. The number of hydrogen-bond acceptors (Lipinski definition) is 3. The van der Waals surface area contributed by atoms with Gasteiger partial charge in [-0.3, -0.25) is 0 Å². The summed E-state index contributed by atoms with van der Waals surface area (Å²) in [4.78, 5) is 0.474. The molecule has 0 radical (unpaired) electrons. The van der Waals surface area contributed by atoms with Gasteiger partial charge in [-0.2, -0.15) is 0 Å². The lowest BCUT2D eigenvalue weighted by molar-refractivity contribution is 0.377. The summed E-state index contributed by atoms with van der Waals surface area (Å²) in [5.41, 5.74) is 1.18. The Morgan fingerprint density at radius 2 is 1.76 bits per heavy atom. The van der Waals surface area contributed by atoms with Gasteiger partial charge < -0.3 is 5.32 Å². The molecule has 0 aromatic heterocycles. The molecular formula is C17H27NO2S. The van der Waals surface area contributed by atoms with E-state index in [0.29, 0.717) is 10.8 Å². The largest absolute Gasteiger partial charge is 0.313 e. The highest BCUT2D eigenvalue weighted by Gasteiger charge is 2.35. The van der Waals surface area contributed by atoms with Crippen LogP contribution in [0.5, 0.6) is 0 Å². The van der Waals surface area contributed by atoms with Crippen LogP contribution >= 0.6 is 0 Å². The van der Waals surface area contributed by atoms with E-state index < -0.39 is 9.84 Å².